The molecule has 2 heteroatoms. The van der Waals surface area contributed by atoms with Crippen molar-refractivity contribution in [1.29, 1.82) is 0 Å². The average Bonchev–Trinajstić information content (AvgIpc) is 2.77. The van der Waals surface area contributed by atoms with Gasteiger partial charge in [-0.2, -0.15) is 4.57 Å². The Morgan fingerprint density at radius 2 is 1.28 bits per heavy atom. The van der Waals surface area contributed by atoms with Crippen LogP contribution in [-0.4, -0.2) is 5.78 Å². The molecular weight excluding hydrogens is 354 g/mol. The smallest absolute Gasteiger partial charge is 0.228 e. The molecule has 0 N–H and O–H groups in total. The summed E-state index contributed by atoms with van der Waals surface area (Å²) in [6.07, 6.45) is 4.03. The molecule has 136 valence electrons. The van der Waals surface area contributed by atoms with E-state index < -0.39 is 0 Å². The Hall–Kier alpha value is -3.78. The van der Waals surface area contributed by atoms with E-state index in [4.69, 9.17) is 0 Å². The zero-order valence-electron chi connectivity index (χ0n) is 15.8. The van der Waals surface area contributed by atoms with Crippen LogP contribution in [0.4, 0.5) is 0 Å². The maximum atomic E-state index is 13.3. The van der Waals surface area contributed by atoms with Gasteiger partial charge in [0.05, 0.1) is 0 Å². The third kappa shape index (κ3) is 2.50. The fourth-order valence-corrected chi connectivity index (χ4v) is 4.51. The van der Waals surface area contributed by atoms with Crippen LogP contribution in [0.15, 0.2) is 97.3 Å². The van der Waals surface area contributed by atoms with Gasteiger partial charge in [0.25, 0.3) is 0 Å². The molecule has 0 atom stereocenters. The molecule has 1 aromatic heterocycles. The third-order valence-electron chi connectivity index (χ3n) is 5.90. The second kappa shape index (κ2) is 6.11. The highest BCUT2D eigenvalue weighted by atomic mass is 16.1. The molecule has 0 spiro atoms. The predicted octanol–water partition coefficient (Wildman–Crippen LogP) is 5.91. The van der Waals surface area contributed by atoms with E-state index in [9.17, 15) is 4.79 Å². The monoisotopic (exact) mass is 372 g/mol. The lowest BCUT2D eigenvalue weighted by atomic mass is 9.91. The van der Waals surface area contributed by atoms with E-state index in [2.05, 4.69) is 66.7 Å². The Morgan fingerprint density at radius 3 is 2.10 bits per heavy atom. The molecule has 1 heterocycles. The summed E-state index contributed by atoms with van der Waals surface area (Å²) in [5.41, 5.74) is 0.788. The molecule has 29 heavy (non-hydrogen) atoms. The minimum Gasteiger partial charge on any atom is -0.287 e. The highest BCUT2D eigenvalue weighted by molar-refractivity contribution is 6.26. The molecule has 0 amide bonds. The first kappa shape index (κ1) is 16.2. The summed E-state index contributed by atoms with van der Waals surface area (Å²) in [4.78, 5) is 13.3. The van der Waals surface area contributed by atoms with Crippen molar-refractivity contribution >= 4 is 48.9 Å². The van der Waals surface area contributed by atoms with E-state index in [1.54, 1.807) is 0 Å². The van der Waals surface area contributed by atoms with Gasteiger partial charge in [-0.1, -0.05) is 66.7 Å². The maximum Gasteiger partial charge on any atom is 0.228 e. The quantitative estimate of drug-likeness (QED) is 0.215. The van der Waals surface area contributed by atoms with Crippen molar-refractivity contribution in [3.05, 3.63) is 103 Å². The van der Waals surface area contributed by atoms with Gasteiger partial charge in [-0.05, 0) is 49.8 Å². The number of pyridine rings is 1. The van der Waals surface area contributed by atoms with E-state index in [1.165, 1.54) is 32.3 Å². The summed E-state index contributed by atoms with van der Waals surface area (Å²) in [7, 11) is 0. The van der Waals surface area contributed by atoms with Crippen LogP contribution in [0.2, 0.25) is 0 Å². The minimum absolute atomic E-state index is 0.128. The van der Waals surface area contributed by atoms with Crippen molar-refractivity contribution in [3.8, 4) is 0 Å². The second-order valence-corrected chi connectivity index (χ2v) is 7.64. The van der Waals surface area contributed by atoms with Crippen LogP contribution in [0.25, 0.3) is 43.1 Å². The number of carbonyl (C=O) groups is 1. The predicted molar refractivity (Wildman–Crippen MR) is 119 cm³/mol. The van der Waals surface area contributed by atoms with Crippen LogP contribution in [0.5, 0.6) is 0 Å². The number of hydrogen-bond acceptors (Lipinski definition) is 1. The summed E-state index contributed by atoms with van der Waals surface area (Å²) in [6, 6.07) is 29.2. The van der Waals surface area contributed by atoms with Crippen LogP contribution in [0.3, 0.4) is 0 Å². The minimum atomic E-state index is 0.128. The molecule has 6 aromatic rings. The molecule has 6 rings (SSSR count). The number of nitrogens with zero attached hydrogens (tertiary/aromatic N) is 1. The Balaban J connectivity index is 1.50. The van der Waals surface area contributed by atoms with Gasteiger partial charge in [0.1, 0.15) is 0 Å². The highest BCUT2D eigenvalue weighted by Crippen LogP contribution is 2.36. The van der Waals surface area contributed by atoms with E-state index in [1.807, 2.05) is 35.2 Å². The average molecular weight is 372 g/mol. The second-order valence-electron chi connectivity index (χ2n) is 7.64. The largest absolute Gasteiger partial charge is 0.287 e. The van der Waals surface area contributed by atoms with Crippen molar-refractivity contribution < 1.29 is 9.36 Å². The van der Waals surface area contributed by atoms with Gasteiger partial charge < -0.3 is 0 Å². The van der Waals surface area contributed by atoms with Gasteiger partial charge in [0.2, 0.25) is 12.3 Å². The molecular formula is C27H18NO+. The van der Waals surface area contributed by atoms with Crippen molar-refractivity contribution in [2.24, 2.45) is 0 Å². The molecule has 5 aromatic carbocycles. The van der Waals surface area contributed by atoms with Crippen molar-refractivity contribution in [2.45, 2.75) is 6.54 Å². The van der Waals surface area contributed by atoms with Crippen LogP contribution >= 0.6 is 0 Å². The Morgan fingerprint density at radius 1 is 0.621 bits per heavy atom. The highest BCUT2D eigenvalue weighted by Gasteiger charge is 2.18. The first-order valence-electron chi connectivity index (χ1n) is 9.85. The molecule has 0 saturated heterocycles. The van der Waals surface area contributed by atoms with Crippen molar-refractivity contribution in [3.63, 3.8) is 0 Å². The summed E-state index contributed by atoms with van der Waals surface area (Å²) in [6.45, 7) is 0.328. The molecule has 0 saturated carbocycles. The van der Waals surface area contributed by atoms with E-state index in [-0.39, 0.29) is 5.78 Å². The Bertz CT molecular complexity index is 1530. The lowest BCUT2D eigenvalue weighted by Gasteiger charge is -2.12. The zero-order chi connectivity index (χ0) is 19.4. The van der Waals surface area contributed by atoms with Gasteiger partial charge in [0.15, 0.2) is 12.4 Å². The third-order valence-corrected chi connectivity index (χ3v) is 5.90. The number of hydrogen-bond donors (Lipinski definition) is 0. The molecule has 0 bridgehead atoms. The van der Waals surface area contributed by atoms with E-state index >= 15 is 0 Å². The van der Waals surface area contributed by atoms with Crippen LogP contribution in [0.1, 0.15) is 10.4 Å². The van der Waals surface area contributed by atoms with Gasteiger partial charge in [-0.25, -0.2) is 0 Å². The first-order chi connectivity index (χ1) is 14.3. The number of aromatic nitrogens is 1. The van der Waals surface area contributed by atoms with Crippen molar-refractivity contribution in [2.75, 3.05) is 0 Å². The van der Waals surface area contributed by atoms with E-state index in [0.29, 0.717) is 6.54 Å². The Kier molecular flexibility index (Phi) is 3.41. The topological polar surface area (TPSA) is 20.9 Å². The molecule has 0 aliphatic carbocycles. The lowest BCUT2D eigenvalue weighted by Crippen LogP contribution is -2.37. The SMILES string of the molecule is O=C(C[n+]1ccc2ccccc2c1)c1ccc2ccc3cccc4ccc1c2c34. The molecule has 0 aliphatic heterocycles. The molecule has 0 fully saturated rings. The van der Waals surface area contributed by atoms with Gasteiger partial charge in [0, 0.05) is 17.0 Å². The standard InChI is InChI=1S/C27H18NO/c29-25(17-28-15-14-18-4-1-2-5-22(18)16-28)23-12-10-21-9-8-19-6-3-7-20-11-13-24(23)27(21)26(19)20/h1-16H,17H2/q+1. The summed E-state index contributed by atoms with van der Waals surface area (Å²) in [5, 5.41) is 9.41. The zero-order valence-corrected chi connectivity index (χ0v) is 15.8. The molecule has 0 radical (unpaired) electrons. The normalized spacial score (nSPS) is 11.7. The van der Waals surface area contributed by atoms with Gasteiger partial charge in [-0.15, -0.1) is 0 Å². The van der Waals surface area contributed by atoms with Crippen LogP contribution in [-0.2, 0) is 6.54 Å². The number of rotatable bonds is 3. The Labute approximate surface area is 168 Å². The van der Waals surface area contributed by atoms with Gasteiger partial charge in [-0.3, -0.25) is 4.79 Å². The first-order valence-corrected chi connectivity index (χ1v) is 9.85. The molecule has 2 nitrogen and oxygen atoms in total. The molecule has 0 unspecified atom stereocenters. The maximum absolute atomic E-state index is 13.3. The summed E-state index contributed by atoms with van der Waals surface area (Å²) >= 11 is 0. The van der Waals surface area contributed by atoms with Gasteiger partial charge >= 0.3 is 0 Å². The fourth-order valence-electron chi connectivity index (χ4n) is 4.51. The van der Waals surface area contributed by atoms with Crippen molar-refractivity contribution in [1.82, 2.24) is 0 Å². The molecule has 0 aliphatic rings. The van der Waals surface area contributed by atoms with Crippen LogP contribution < -0.4 is 4.57 Å². The number of ketones is 1. The lowest BCUT2D eigenvalue weighted by molar-refractivity contribution is -0.681. The number of carbonyl (C=O) groups excluding carboxylic acids is 1. The summed E-state index contributed by atoms with van der Waals surface area (Å²) < 4.78 is 1.97. The number of Topliss-reactive ketones (excluding diaryl/α,β-unsaturated/α-hetero) is 1. The van der Waals surface area contributed by atoms with Crippen LogP contribution in [0, 0.1) is 0 Å². The number of fused-ring (bicyclic) bond motifs is 1. The van der Waals surface area contributed by atoms with E-state index in [0.717, 1.165) is 16.3 Å². The summed E-state index contributed by atoms with van der Waals surface area (Å²) in [5.74, 6) is 0.128. The number of benzene rings is 5. The fraction of sp³-hybridized carbons (Fsp3) is 0.0370.